The van der Waals surface area contributed by atoms with Crippen molar-refractivity contribution in [3.8, 4) is 100 Å². The van der Waals surface area contributed by atoms with E-state index in [0.717, 1.165) is 57.6 Å². The summed E-state index contributed by atoms with van der Waals surface area (Å²) in [6.45, 7) is 12.5. The van der Waals surface area contributed by atoms with Gasteiger partial charge in [0, 0.05) is 72.7 Å². The first-order chi connectivity index (χ1) is 61.1. The maximum Gasteiger partial charge on any atom is 0.0540 e. The largest absolute Gasteiger partial charge is 0.403 e. The molecule has 19 aromatic carbocycles. The van der Waals surface area contributed by atoms with Crippen molar-refractivity contribution >= 4 is 157 Å². The Morgan fingerprint density at radius 1 is 0.264 bits per heavy atom. The van der Waals surface area contributed by atoms with E-state index in [1.165, 1.54) is 177 Å². The second-order valence-electron chi connectivity index (χ2n) is 32.1. The first-order valence-corrected chi connectivity index (χ1v) is 45.7. The van der Waals surface area contributed by atoms with Gasteiger partial charge in [0.05, 0.1) is 11.4 Å². The highest BCUT2D eigenvalue weighted by atomic mass is 127. The van der Waals surface area contributed by atoms with Crippen LogP contribution in [-0.4, -0.2) is 0 Å². The van der Waals surface area contributed by atoms with E-state index < -0.39 is 0 Å². The summed E-state index contributed by atoms with van der Waals surface area (Å²) in [6.07, 6.45) is 3.03. The molecule has 0 spiro atoms. The molecule has 0 fully saturated rings. The lowest BCUT2D eigenvalue weighted by Crippen LogP contribution is -2.11. The fourth-order valence-corrected chi connectivity index (χ4v) is 19.0. The summed E-state index contributed by atoms with van der Waals surface area (Å²) in [5.41, 5.74) is 45.7. The number of fused-ring (bicyclic) bond motifs is 9. The molecule has 0 aliphatic heterocycles. The quantitative estimate of drug-likeness (QED) is 0.0948. The smallest absolute Gasteiger partial charge is 0.0540 e. The SMILES string of the molecule is CC/C=C(\C)N.Cc1cccc(N(c2ccc(-c3ccc(N(c4cccc(C)c4)c4ccc5c6c(cccc46)-c4ccccc4-5)cc3)cc2)c2ccc3c4c(cccc24)-c2ccccc2-3)c1.Cc1cccc(Nc2ccc(-c3ccc(Nc4cccc(C)c4)cc3)cc2)c1.Ic1ccc(-c2ccc(I)cc2)cc1.Ic1ccc2c3c(cccc13)-c1ccccc1-2. The van der Waals surface area contributed by atoms with Crippen molar-refractivity contribution in [1.29, 1.82) is 0 Å². The number of aryl methyl sites for hydroxylation is 4. The molecule has 0 atom stereocenters. The van der Waals surface area contributed by atoms with Gasteiger partial charge in [0.2, 0.25) is 0 Å². The van der Waals surface area contributed by atoms with Crippen molar-refractivity contribution in [2.75, 3.05) is 20.4 Å². The molecule has 0 saturated heterocycles. The Morgan fingerprint density at radius 3 is 0.864 bits per heavy atom. The third-order valence-electron chi connectivity index (χ3n) is 23.4. The Kier molecular flexibility index (Phi) is 24.6. The van der Waals surface area contributed by atoms with Crippen molar-refractivity contribution in [3.63, 3.8) is 0 Å². The van der Waals surface area contributed by atoms with Crippen LogP contribution in [0.15, 0.2) is 418 Å². The minimum absolute atomic E-state index is 0.914. The van der Waals surface area contributed by atoms with Gasteiger partial charge in [-0.15, -0.1) is 0 Å². The fourth-order valence-electron chi connectivity index (χ4n) is 17.6. The molecular formula is C117H92I3N5. The first-order valence-electron chi connectivity index (χ1n) is 42.5. The Labute approximate surface area is 775 Å². The zero-order valence-corrected chi connectivity index (χ0v) is 77.0. The van der Waals surface area contributed by atoms with Crippen molar-refractivity contribution in [1.82, 2.24) is 0 Å². The molecule has 19 aromatic rings. The molecule has 3 aliphatic carbocycles. The average Bonchev–Trinajstić information content (AvgIpc) is 1.61. The van der Waals surface area contributed by atoms with Gasteiger partial charge in [-0.25, -0.2) is 0 Å². The van der Waals surface area contributed by atoms with Crippen LogP contribution in [0.25, 0.3) is 132 Å². The fraction of sp³-hybridized carbons (Fsp3) is 0.0598. The number of nitrogens with one attached hydrogen (secondary N) is 2. The van der Waals surface area contributed by atoms with Crippen LogP contribution in [0, 0.1) is 38.4 Å². The summed E-state index contributed by atoms with van der Waals surface area (Å²) in [5, 5.41) is 14.9. The lowest BCUT2D eigenvalue weighted by Gasteiger charge is -2.28. The van der Waals surface area contributed by atoms with Crippen LogP contribution in [0.3, 0.4) is 0 Å². The van der Waals surface area contributed by atoms with Gasteiger partial charge in [0.1, 0.15) is 0 Å². The van der Waals surface area contributed by atoms with E-state index in [-0.39, 0.29) is 0 Å². The molecule has 0 unspecified atom stereocenters. The maximum atomic E-state index is 5.26. The van der Waals surface area contributed by atoms with E-state index in [2.05, 4.69) is 529 Å². The van der Waals surface area contributed by atoms with E-state index in [9.17, 15) is 0 Å². The van der Waals surface area contributed by atoms with Gasteiger partial charge in [0.15, 0.2) is 0 Å². The molecule has 3 aliphatic rings. The van der Waals surface area contributed by atoms with Crippen LogP contribution in [-0.2, 0) is 0 Å². The molecule has 8 heteroatoms. The molecular weight excluding hydrogens is 1860 g/mol. The third-order valence-corrected chi connectivity index (χ3v) is 25.8. The Balaban J connectivity index is 0.000000133. The maximum absolute atomic E-state index is 5.26. The van der Waals surface area contributed by atoms with E-state index in [1.54, 1.807) is 0 Å². The standard InChI is InChI=1S/C58H40N2.C26H24N2.C16H9I.C12H8I2.C5H11N/c1-37-11-7-13-43(35-37)59(55-33-31-51-47-17-5-3-15-45(47)49-19-9-21-53(55)57(49)51)41-27-23-39(24-28-41)40-25-29-42(30-26-40)60(44-14-8-12-38(2)36-44)56-34-32-52-48-18-6-4-16-46(48)50-20-10-22-54(56)58(50)52;1-19-5-3-7-25(17-19)27-23-13-9-21(10-14-23)22-11-15-24(16-12-22)28-26-8-4-6-20(2)18-26;17-15-9-8-13-11-5-2-1-4-10(11)12-6-3-7-14(15)16(12)13;13-11-5-1-9(2-6-11)10-3-7-12(14)8-4-10;1-3-4-5(2)6/h3-36H,1-2H3;3-18,27-28H,1-2H3;1-9H;1-8H;4H,3,6H2,1-2H3/b;;;;5-4+. The summed E-state index contributed by atoms with van der Waals surface area (Å²) in [7, 11) is 0. The third kappa shape index (κ3) is 17.8. The van der Waals surface area contributed by atoms with Crippen LogP contribution >= 0.6 is 67.8 Å². The molecule has 0 heterocycles. The van der Waals surface area contributed by atoms with Crippen LogP contribution in [0.1, 0.15) is 42.5 Å². The number of benzene rings is 19. The van der Waals surface area contributed by atoms with Crippen LogP contribution in [0.2, 0.25) is 0 Å². The van der Waals surface area contributed by atoms with Gasteiger partial charge in [-0.1, -0.05) is 280 Å². The molecule has 0 amide bonds. The lowest BCUT2D eigenvalue weighted by atomic mass is 9.99. The molecule has 0 saturated carbocycles. The minimum Gasteiger partial charge on any atom is -0.403 e. The summed E-state index contributed by atoms with van der Waals surface area (Å²) < 4.78 is 3.88. The Morgan fingerprint density at radius 2 is 0.544 bits per heavy atom. The molecule has 0 aromatic heterocycles. The minimum atomic E-state index is 0.914. The van der Waals surface area contributed by atoms with Gasteiger partial charge in [-0.2, -0.15) is 0 Å². The number of nitrogens with two attached hydrogens (primary N) is 1. The number of anilines is 10. The molecule has 125 heavy (non-hydrogen) atoms. The number of halogens is 3. The Hall–Kier alpha value is -13.1. The lowest BCUT2D eigenvalue weighted by molar-refractivity contribution is 1.16. The predicted molar refractivity (Wildman–Crippen MR) is 562 cm³/mol. The van der Waals surface area contributed by atoms with E-state index in [0.29, 0.717) is 0 Å². The monoisotopic (exact) mass is 1950 g/mol. The van der Waals surface area contributed by atoms with Gasteiger partial charge in [-0.05, 0) is 392 Å². The summed E-state index contributed by atoms with van der Waals surface area (Å²) >= 11 is 7.06. The number of allylic oxidation sites excluding steroid dienone is 2. The number of hydrogen-bond donors (Lipinski definition) is 3. The highest BCUT2D eigenvalue weighted by Gasteiger charge is 2.28. The van der Waals surface area contributed by atoms with E-state index in [1.807, 2.05) is 13.0 Å². The van der Waals surface area contributed by atoms with Gasteiger partial charge < -0.3 is 26.2 Å². The van der Waals surface area contributed by atoms with E-state index in [4.69, 9.17) is 5.73 Å². The van der Waals surface area contributed by atoms with Crippen LogP contribution in [0.5, 0.6) is 0 Å². The van der Waals surface area contributed by atoms with Crippen LogP contribution in [0.4, 0.5) is 56.9 Å². The molecule has 22 rings (SSSR count). The predicted octanol–water partition coefficient (Wildman–Crippen LogP) is 34.9. The van der Waals surface area contributed by atoms with E-state index >= 15 is 0 Å². The van der Waals surface area contributed by atoms with Crippen LogP contribution < -0.4 is 26.2 Å². The number of hydrogen-bond acceptors (Lipinski definition) is 5. The zero-order chi connectivity index (χ0) is 85.6. The summed E-state index contributed by atoms with van der Waals surface area (Å²) in [4.78, 5) is 4.84. The normalized spacial score (nSPS) is 11.4. The molecule has 606 valence electrons. The van der Waals surface area contributed by atoms with Crippen molar-refractivity contribution in [2.45, 2.75) is 48.0 Å². The van der Waals surface area contributed by atoms with Crippen molar-refractivity contribution < 1.29 is 0 Å². The topological polar surface area (TPSA) is 56.6 Å². The second kappa shape index (κ2) is 37.1. The molecule has 0 radical (unpaired) electrons. The number of nitrogens with zero attached hydrogens (tertiary/aromatic N) is 2. The van der Waals surface area contributed by atoms with Crippen molar-refractivity contribution in [3.05, 3.63) is 451 Å². The highest BCUT2D eigenvalue weighted by Crippen LogP contribution is 2.54. The summed E-state index contributed by atoms with van der Waals surface area (Å²) in [6, 6.07) is 147. The summed E-state index contributed by atoms with van der Waals surface area (Å²) in [5.74, 6) is 0. The number of rotatable bonds is 14. The first kappa shape index (κ1) is 82.8. The van der Waals surface area contributed by atoms with Crippen molar-refractivity contribution in [2.24, 2.45) is 5.73 Å². The molecule has 4 N–H and O–H groups in total. The van der Waals surface area contributed by atoms with Gasteiger partial charge >= 0.3 is 0 Å². The molecule has 5 nitrogen and oxygen atoms in total. The Bertz CT molecular complexity index is 6770. The highest BCUT2D eigenvalue weighted by molar-refractivity contribution is 14.1. The van der Waals surface area contributed by atoms with Gasteiger partial charge in [0.25, 0.3) is 0 Å². The molecule has 0 bridgehead atoms. The van der Waals surface area contributed by atoms with Gasteiger partial charge in [-0.3, -0.25) is 0 Å². The average molecular weight is 1950 g/mol. The second-order valence-corrected chi connectivity index (χ2v) is 35.8. The zero-order valence-electron chi connectivity index (χ0n) is 70.6.